The molecule has 0 aliphatic carbocycles. The minimum atomic E-state index is -0.295. The second-order valence-corrected chi connectivity index (χ2v) is 5.30. The Hall–Kier alpha value is -1.73. The van der Waals surface area contributed by atoms with E-state index in [0.717, 1.165) is 11.3 Å². The number of anilines is 3. The molecule has 112 valence electrons. The van der Waals surface area contributed by atoms with Crippen LogP contribution >= 0.6 is 15.9 Å². The Kier molecular flexibility index (Phi) is 5.08. The molecule has 21 heavy (non-hydrogen) atoms. The van der Waals surface area contributed by atoms with Gasteiger partial charge < -0.3 is 15.4 Å². The molecule has 1 heterocycles. The fourth-order valence-corrected chi connectivity index (χ4v) is 2.15. The average Bonchev–Trinajstić information content (AvgIpc) is 2.45. The number of benzene rings is 1. The second kappa shape index (κ2) is 6.82. The van der Waals surface area contributed by atoms with E-state index in [9.17, 15) is 4.39 Å². The molecule has 0 aliphatic heterocycles. The molecule has 7 heteroatoms. The van der Waals surface area contributed by atoms with Crippen LogP contribution in [0.1, 0.15) is 11.4 Å². The number of aromatic nitrogens is 2. The molecule has 1 aromatic heterocycles. The Bertz CT molecular complexity index is 651. The third-order valence-electron chi connectivity index (χ3n) is 2.83. The molecule has 1 aromatic carbocycles. The average molecular weight is 355 g/mol. The Balaban J connectivity index is 2.34. The van der Waals surface area contributed by atoms with Gasteiger partial charge in [-0.3, -0.25) is 0 Å². The predicted octanol–water partition coefficient (Wildman–Crippen LogP) is 3.62. The highest BCUT2D eigenvalue weighted by molar-refractivity contribution is 9.10. The largest absolute Gasteiger partial charge is 0.377 e. The van der Waals surface area contributed by atoms with Gasteiger partial charge in [0.2, 0.25) is 0 Å². The Labute approximate surface area is 131 Å². The first-order chi connectivity index (χ1) is 10.0. The van der Waals surface area contributed by atoms with Crippen molar-refractivity contribution in [2.75, 3.05) is 24.8 Å². The van der Waals surface area contributed by atoms with Crippen LogP contribution in [0.3, 0.4) is 0 Å². The van der Waals surface area contributed by atoms with Crippen molar-refractivity contribution in [1.29, 1.82) is 0 Å². The van der Waals surface area contributed by atoms with E-state index in [4.69, 9.17) is 4.74 Å². The number of ether oxygens (including phenoxy) is 1. The molecule has 2 N–H and O–H groups in total. The normalized spacial score (nSPS) is 10.5. The van der Waals surface area contributed by atoms with Gasteiger partial charge in [0.05, 0.1) is 4.47 Å². The SMILES string of the molecule is CNc1cc(Nc2cc(Br)c(F)cc2C)nc(COC)n1. The molecule has 0 radical (unpaired) electrons. The zero-order valence-corrected chi connectivity index (χ0v) is 13.6. The standard InChI is InChI=1S/C14H16BrFN4O/c1-8-4-10(16)9(15)5-11(8)18-13-6-12(17-2)19-14(20-13)7-21-3/h4-6H,7H2,1-3H3,(H2,17,18,19,20). The van der Waals surface area contributed by atoms with Crippen LogP contribution in [-0.2, 0) is 11.3 Å². The second-order valence-electron chi connectivity index (χ2n) is 4.44. The summed E-state index contributed by atoms with van der Waals surface area (Å²) < 4.78 is 18.9. The molecule has 0 atom stereocenters. The molecular weight excluding hydrogens is 339 g/mol. The van der Waals surface area contributed by atoms with Gasteiger partial charge in [-0.25, -0.2) is 14.4 Å². The first-order valence-electron chi connectivity index (χ1n) is 6.30. The van der Waals surface area contributed by atoms with Crippen molar-refractivity contribution in [3.63, 3.8) is 0 Å². The van der Waals surface area contributed by atoms with Crippen LogP contribution in [0.2, 0.25) is 0 Å². The van der Waals surface area contributed by atoms with Crippen molar-refractivity contribution in [2.45, 2.75) is 13.5 Å². The topological polar surface area (TPSA) is 59.1 Å². The van der Waals surface area contributed by atoms with E-state index in [0.29, 0.717) is 28.5 Å². The summed E-state index contributed by atoms with van der Waals surface area (Å²) in [5.41, 5.74) is 1.56. The number of hydrogen-bond donors (Lipinski definition) is 2. The summed E-state index contributed by atoms with van der Waals surface area (Å²) in [6.45, 7) is 2.14. The highest BCUT2D eigenvalue weighted by atomic mass is 79.9. The third-order valence-corrected chi connectivity index (χ3v) is 3.44. The van der Waals surface area contributed by atoms with Gasteiger partial charge in [0.25, 0.3) is 0 Å². The van der Waals surface area contributed by atoms with Gasteiger partial charge in [0.15, 0.2) is 5.82 Å². The van der Waals surface area contributed by atoms with Crippen LogP contribution < -0.4 is 10.6 Å². The maximum Gasteiger partial charge on any atom is 0.158 e. The van der Waals surface area contributed by atoms with Crippen molar-refractivity contribution in [2.24, 2.45) is 0 Å². The zero-order chi connectivity index (χ0) is 15.4. The van der Waals surface area contributed by atoms with Gasteiger partial charge in [-0.2, -0.15) is 0 Å². The zero-order valence-electron chi connectivity index (χ0n) is 12.0. The summed E-state index contributed by atoms with van der Waals surface area (Å²) in [6.07, 6.45) is 0. The lowest BCUT2D eigenvalue weighted by Crippen LogP contribution is -2.05. The third kappa shape index (κ3) is 3.89. The molecule has 5 nitrogen and oxygen atoms in total. The summed E-state index contributed by atoms with van der Waals surface area (Å²) >= 11 is 3.18. The maximum absolute atomic E-state index is 13.5. The van der Waals surface area contributed by atoms with Gasteiger partial charge in [-0.1, -0.05) is 0 Å². The van der Waals surface area contributed by atoms with Crippen LogP contribution in [-0.4, -0.2) is 24.1 Å². The molecule has 0 saturated heterocycles. The first kappa shape index (κ1) is 15.7. The molecule has 0 spiro atoms. The van der Waals surface area contributed by atoms with E-state index in [2.05, 4.69) is 36.5 Å². The van der Waals surface area contributed by atoms with Crippen LogP contribution in [0.25, 0.3) is 0 Å². The predicted molar refractivity (Wildman–Crippen MR) is 84.4 cm³/mol. The smallest absolute Gasteiger partial charge is 0.158 e. The Morgan fingerprint density at radius 2 is 1.95 bits per heavy atom. The van der Waals surface area contributed by atoms with Crippen molar-refractivity contribution in [1.82, 2.24) is 9.97 Å². The number of aryl methyl sites for hydroxylation is 1. The molecule has 2 aromatic rings. The van der Waals surface area contributed by atoms with Crippen molar-refractivity contribution in [3.8, 4) is 0 Å². The lowest BCUT2D eigenvalue weighted by Gasteiger charge is -2.12. The van der Waals surface area contributed by atoms with Crippen LogP contribution in [0.5, 0.6) is 0 Å². The molecular formula is C14H16BrFN4O. The van der Waals surface area contributed by atoms with E-state index in [1.165, 1.54) is 6.07 Å². The summed E-state index contributed by atoms with van der Waals surface area (Å²) in [4.78, 5) is 8.64. The van der Waals surface area contributed by atoms with Gasteiger partial charge in [0, 0.05) is 25.9 Å². The molecule has 2 rings (SSSR count). The van der Waals surface area contributed by atoms with E-state index < -0.39 is 0 Å². The Morgan fingerprint density at radius 1 is 1.24 bits per heavy atom. The van der Waals surface area contributed by atoms with Crippen LogP contribution in [0, 0.1) is 12.7 Å². The molecule has 0 saturated carbocycles. The minimum absolute atomic E-state index is 0.295. The van der Waals surface area contributed by atoms with Crippen LogP contribution in [0.15, 0.2) is 22.7 Å². The highest BCUT2D eigenvalue weighted by Gasteiger charge is 2.08. The Morgan fingerprint density at radius 3 is 2.62 bits per heavy atom. The van der Waals surface area contributed by atoms with Gasteiger partial charge in [-0.15, -0.1) is 0 Å². The number of nitrogens with zero attached hydrogens (tertiary/aromatic N) is 2. The fraction of sp³-hybridized carbons (Fsp3) is 0.286. The van der Waals surface area contributed by atoms with Crippen LogP contribution in [0.4, 0.5) is 21.7 Å². The number of methoxy groups -OCH3 is 1. The number of rotatable bonds is 5. The highest BCUT2D eigenvalue weighted by Crippen LogP contribution is 2.27. The van der Waals surface area contributed by atoms with Crippen molar-refractivity contribution >= 4 is 33.3 Å². The molecule has 0 unspecified atom stereocenters. The first-order valence-corrected chi connectivity index (χ1v) is 7.10. The van der Waals surface area contributed by atoms with E-state index in [-0.39, 0.29) is 5.82 Å². The maximum atomic E-state index is 13.5. The number of halogens is 2. The number of nitrogens with one attached hydrogen (secondary N) is 2. The summed E-state index contributed by atoms with van der Waals surface area (Å²) in [5.74, 6) is 1.56. The van der Waals surface area contributed by atoms with E-state index in [1.54, 1.807) is 26.3 Å². The lowest BCUT2D eigenvalue weighted by atomic mass is 10.2. The fourth-order valence-electron chi connectivity index (χ4n) is 1.80. The summed E-state index contributed by atoms with van der Waals surface area (Å²) in [7, 11) is 3.37. The van der Waals surface area contributed by atoms with Gasteiger partial charge >= 0.3 is 0 Å². The van der Waals surface area contributed by atoms with E-state index in [1.807, 2.05) is 6.92 Å². The monoisotopic (exact) mass is 354 g/mol. The molecule has 0 amide bonds. The summed E-state index contributed by atoms with van der Waals surface area (Å²) in [6, 6.07) is 4.92. The number of hydrogen-bond acceptors (Lipinski definition) is 5. The van der Waals surface area contributed by atoms with Gasteiger partial charge in [-0.05, 0) is 40.5 Å². The lowest BCUT2D eigenvalue weighted by molar-refractivity contribution is 0.178. The summed E-state index contributed by atoms with van der Waals surface area (Å²) in [5, 5.41) is 6.14. The van der Waals surface area contributed by atoms with E-state index >= 15 is 0 Å². The van der Waals surface area contributed by atoms with Crippen molar-refractivity contribution in [3.05, 3.63) is 39.9 Å². The molecule has 0 bridgehead atoms. The van der Waals surface area contributed by atoms with Crippen molar-refractivity contribution < 1.29 is 9.13 Å². The molecule has 0 aliphatic rings. The van der Waals surface area contributed by atoms with Gasteiger partial charge in [0.1, 0.15) is 24.1 Å². The minimum Gasteiger partial charge on any atom is -0.377 e. The quantitative estimate of drug-likeness (QED) is 0.858. The molecule has 0 fully saturated rings.